The van der Waals surface area contributed by atoms with Crippen LogP contribution in [0.2, 0.25) is 0 Å². The molecule has 0 aliphatic rings. The molecule has 0 spiro atoms. The molecule has 4 nitrogen and oxygen atoms in total. The lowest BCUT2D eigenvalue weighted by atomic mass is 10.1. The number of urea groups is 1. The highest BCUT2D eigenvalue weighted by molar-refractivity contribution is 9.10. The summed E-state index contributed by atoms with van der Waals surface area (Å²) in [5.41, 5.74) is 2.17. The minimum absolute atomic E-state index is 0.318. The van der Waals surface area contributed by atoms with Crippen LogP contribution in [0, 0.1) is 0 Å². The van der Waals surface area contributed by atoms with Gasteiger partial charge in [0.05, 0.1) is 11.8 Å². The summed E-state index contributed by atoms with van der Waals surface area (Å²) in [5.74, 6) is 0. The molecule has 0 aromatic heterocycles. The second-order valence-corrected chi connectivity index (χ2v) is 5.21. The van der Waals surface area contributed by atoms with Crippen LogP contribution in [0.15, 0.2) is 53.0 Å². The molecule has 0 aliphatic carbocycles. The number of amides is 2. The molecule has 0 saturated carbocycles. The predicted molar refractivity (Wildman–Crippen MR) is 83.9 cm³/mol. The molecule has 0 heterocycles. The van der Waals surface area contributed by atoms with E-state index in [2.05, 4.69) is 26.6 Å². The molecule has 20 heavy (non-hydrogen) atoms. The van der Waals surface area contributed by atoms with Gasteiger partial charge in [0.2, 0.25) is 0 Å². The van der Waals surface area contributed by atoms with E-state index in [-0.39, 0.29) is 6.03 Å². The summed E-state index contributed by atoms with van der Waals surface area (Å²) in [6.45, 7) is 1.70. The first kappa shape index (κ1) is 14.6. The number of carbonyl (C=O) groups is 1. The van der Waals surface area contributed by atoms with Crippen LogP contribution in [0.4, 0.5) is 16.2 Å². The number of aliphatic hydroxyl groups excluding tert-OH is 1. The fourth-order valence-electron chi connectivity index (χ4n) is 1.69. The van der Waals surface area contributed by atoms with Crippen molar-refractivity contribution in [2.45, 2.75) is 13.0 Å². The molecule has 2 aromatic carbocycles. The van der Waals surface area contributed by atoms with Crippen molar-refractivity contribution < 1.29 is 9.90 Å². The maximum Gasteiger partial charge on any atom is 0.323 e. The number of carbonyl (C=O) groups excluding carboxylic acids is 1. The standard InChI is InChI=1S/C15H15BrN2O2/c1-10(19)11-6-8-12(9-7-11)17-15(20)18-14-5-3-2-4-13(14)16/h2-10,19H,1H3,(H2,17,18,20). The van der Waals surface area contributed by atoms with Crippen LogP contribution < -0.4 is 10.6 Å². The van der Waals surface area contributed by atoms with Crippen LogP contribution in [0.25, 0.3) is 0 Å². The Balaban J connectivity index is 1.99. The smallest absolute Gasteiger partial charge is 0.323 e. The van der Waals surface area contributed by atoms with Crippen LogP contribution in [0.5, 0.6) is 0 Å². The first-order valence-electron chi connectivity index (χ1n) is 6.17. The van der Waals surface area contributed by atoms with E-state index in [9.17, 15) is 9.90 Å². The summed E-state index contributed by atoms with van der Waals surface area (Å²) in [5, 5.41) is 14.9. The lowest BCUT2D eigenvalue weighted by molar-refractivity contribution is 0.199. The maximum atomic E-state index is 11.9. The van der Waals surface area contributed by atoms with Crippen molar-refractivity contribution in [3.8, 4) is 0 Å². The molecule has 0 saturated heterocycles. The fraction of sp³-hybridized carbons (Fsp3) is 0.133. The number of halogens is 1. The zero-order valence-corrected chi connectivity index (χ0v) is 12.5. The first-order chi connectivity index (χ1) is 9.56. The Morgan fingerprint density at radius 1 is 1.10 bits per heavy atom. The van der Waals surface area contributed by atoms with E-state index in [1.54, 1.807) is 37.3 Å². The van der Waals surface area contributed by atoms with Gasteiger partial charge in [-0.25, -0.2) is 4.79 Å². The number of hydrogen-bond donors (Lipinski definition) is 3. The van der Waals surface area contributed by atoms with E-state index >= 15 is 0 Å². The molecule has 3 N–H and O–H groups in total. The number of para-hydroxylation sites is 1. The lowest BCUT2D eigenvalue weighted by Gasteiger charge is -2.10. The van der Waals surface area contributed by atoms with E-state index < -0.39 is 6.10 Å². The van der Waals surface area contributed by atoms with Crippen molar-refractivity contribution in [2.24, 2.45) is 0 Å². The fourth-order valence-corrected chi connectivity index (χ4v) is 2.08. The topological polar surface area (TPSA) is 61.4 Å². The van der Waals surface area contributed by atoms with Gasteiger partial charge in [-0.05, 0) is 52.7 Å². The lowest BCUT2D eigenvalue weighted by Crippen LogP contribution is -2.19. The Labute approximate surface area is 126 Å². The van der Waals surface area contributed by atoms with Crippen LogP contribution >= 0.6 is 15.9 Å². The average molecular weight is 335 g/mol. The Hall–Kier alpha value is -1.85. The highest BCUT2D eigenvalue weighted by Crippen LogP contribution is 2.21. The van der Waals surface area contributed by atoms with Gasteiger partial charge in [0.1, 0.15) is 0 Å². The molecule has 5 heteroatoms. The van der Waals surface area contributed by atoms with E-state index in [1.807, 2.05) is 18.2 Å². The quantitative estimate of drug-likeness (QED) is 0.789. The van der Waals surface area contributed by atoms with Gasteiger partial charge >= 0.3 is 6.03 Å². The Bertz CT molecular complexity index is 597. The zero-order valence-electron chi connectivity index (χ0n) is 10.9. The number of aliphatic hydroxyl groups is 1. The molecule has 104 valence electrons. The van der Waals surface area contributed by atoms with Crippen LogP contribution in [-0.4, -0.2) is 11.1 Å². The van der Waals surface area contributed by atoms with Crippen molar-refractivity contribution in [1.82, 2.24) is 0 Å². The van der Waals surface area contributed by atoms with Crippen molar-refractivity contribution in [2.75, 3.05) is 10.6 Å². The van der Waals surface area contributed by atoms with Gasteiger partial charge in [-0.15, -0.1) is 0 Å². The molecule has 0 fully saturated rings. The second-order valence-electron chi connectivity index (χ2n) is 4.36. The second kappa shape index (κ2) is 6.54. The summed E-state index contributed by atoms with van der Waals surface area (Å²) in [6.07, 6.45) is -0.516. The Kier molecular flexibility index (Phi) is 4.76. The predicted octanol–water partition coefficient (Wildman–Crippen LogP) is 4.15. The normalized spacial score (nSPS) is 11.8. The van der Waals surface area contributed by atoms with Gasteiger partial charge in [-0.3, -0.25) is 0 Å². The molecule has 1 atom stereocenters. The van der Waals surface area contributed by atoms with Gasteiger partial charge in [0, 0.05) is 10.2 Å². The van der Waals surface area contributed by atoms with Gasteiger partial charge in [0.15, 0.2) is 0 Å². The zero-order chi connectivity index (χ0) is 14.5. The molecule has 0 radical (unpaired) electrons. The number of benzene rings is 2. The van der Waals surface area contributed by atoms with E-state index in [1.165, 1.54) is 0 Å². The van der Waals surface area contributed by atoms with E-state index in [4.69, 9.17) is 0 Å². The highest BCUT2D eigenvalue weighted by Gasteiger charge is 2.06. The van der Waals surface area contributed by atoms with Crippen LogP contribution in [-0.2, 0) is 0 Å². The summed E-state index contributed by atoms with van der Waals surface area (Å²) < 4.78 is 0.819. The number of nitrogens with one attached hydrogen (secondary N) is 2. The number of anilines is 2. The number of hydrogen-bond acceptors (Lipinski definition) is 2. The molecule has 2 amide bonds. The van der Waals surface area contributed by atoms with Crippen LogP contribution in [0.3, 0.4) is 0 Å². The SMILES string of the molecule is CC(O)c1ccc(NC(=O)Nc2ccccc2Br)cc1. The van der Waals surface area contributed by atoms with Gasteiger partial charge < -0.3 is 15.7 Å². The molecule has 2 aromatic rings. The van der Waals surface area contributed by atoms with Crippen LogP contribution in [0.1, 0.15) is 18.6 Å². The van der Waals surface area contributed by atoms with Gasteiger partial charge in [-0.1, -0.05) is 24.3 Å². The summed E-state index contributed by atoms with van der Waals surface area (Å²) in [7, 11) is 0. The third kappa shape index (κ3) is 3.82. The molecule has 1 unspecified atom stereocenters. The molecular weight excluding hydrogens is 320 g/mol. The van der Waals surface area contributed by atoms with Gasteiger partial charge in [-0.2, -0.15) is 0 Å². The molecule has 0 bridgehead atoms. The molecular formula is C15H15BrN2O2. The number of rotatable bonds is 3. The third-order valence-corrected chi connectivity index (χ3v) is 3.46. The summed E-state index contributed by atoms with van der Waals surface area (Å²) >= 11 is 3.37. The minimum atomic E-state index is -0.516. The first-order valence-corrected chi connectivity index (χ1v) is 6.96. The Morgan fingerprint density at radius 2 is 1.75 bits per heavy atom. The monoisotopic (exact) mass is 334 g/mol. The summed E-state index contributed by atoms with van der Waals surface area (Å²) in [4.78, 5) is 11.9. The molecule has 0 aliphatic heterocycles. The van der Waals surface area contributed by atoms with Crippen molar-refractivity contribution in [3.05, 3.63) is 58.6 Å². The maximum absolute atomic E-state index is 11.9. The van der Waals surface area contributed by atoms with Crippen molar-refractivity contribution in [1.29, 1.82) is 0 Å². The third-order valence-electron chi connectivity index (χ3n) is 2.77. The minimum Gasteiger partial charge on any atom is -0.389 e. The Morgan fingerprint density at radius 3 is 2.35 bits per heavy atom. The van der Waals surface area contributed by atoms with Gasteiger partial charge in [0.25, 0.3) is 0 Å². The molecule has 2 rings (SSSR count). The van der Waals surface area contributed by atoms with E-state index in [0.717, 1.165) is 10.0 Å². The average Bonchev–Trinajstić information content (AvgIpc) is 2.42. The summed E-state index contributed by atoms with van der Waals surface area (Å²) in [6, 6.07) is 14.1. The largest absolute Gasteiger partial charge is 0.389 e. The van der Waals surface area contributed by atoms with Crippen molar-refractivity contribution >= 4 is 33.3 Å². The van der Waals surface area contributed by atoms with Crippen molar-refractivity contribution in [3.63, 3.8) is 0 Å². The van der Waals surface area contributed by atoms with E-state index in [0.29, 0.717) is 11.4 Å². The highest BCUT2D eigenvalue weighted by atomic mass is 79.9.